The van der Waals surface area contributed by atoms with E-state index >= 15 is 0 Å². The molecule has 0 bridgehead atoms. The first-order valence-electron chi connectivity index (χ1n) is 7.82. The number of hydrogen-bond acceptors (Lipinski definition) is 4. The highest BCUT2D eigenvalue weighted by molar-refractivity contribution is 5.94. The van der Waals surface area contributed by atoms with E-state index in [1.165, 1.54) is 19.2 Å². The zero-order valence-corrected chi connectivity index (χ0v) is 13.9. The van der Waals surface area contributed by atoms with Crippen molar-refractivity contribution in [1.82, 2.24) is 15.5 Å². The number of fused-ring (bicyclic) bond motifs is 1. The van der Waals surface area contributed by atoms with E-state index in [1.807, 2.05) is 13.8 Å². The fraction of sp³-hybridized carbons (Fsp3) is 0.412. The van der Waals surface area contributed by atoms with Crippen molar-refractivity contribution in [2.24, 2.45) is 0 Å². The Morgan fingerprint density at radius 1 is 1.50 bits per heavy atom. The summed E-state index contributed by atoms with van der Waals surface area (Å²) in [7, 11) is 1.51. The molecule has 0 spiro atoms. The predicted molar refractivity (Wildman–Crippen MR) is 85.4 cm³/mol. The summed E-state index contributed by atoms with van der Waals surface area (Å²) in [5.41, 5.74) is 2.39. The summed E-state index contributed by atoms with van der Waals surface area (Å²) in [4.78, 5) is 12.4. The van der Waals surface area contributed by atoms with Crippen molar-refractivity contribution in [3.63, 3.8) is 0 Å². The first kappa shape index (κ1) is 16.4. The van der Waals surface area contributed by atoms with E-state index in [1.54, 1.807) is 6.07 Å². The Kier molecular flexibility index (Phi) is 4.53. The molecule has 6 nitrogen and oxygen atoms in total. The van der Waals surface area contributed by atoms with Crippen molar-refractivity contribution in [2.45, 2.75) is 39.0 Å². The number of methoxy groups -OCH3 is 1. The summed E-state index contributed by atoms with van der Waals surface area (Å²) in [5, 5.41) is 9.71. The van der Waals surface area contributed by atoms with Gasteiger partial charge < -0.3 is 14.8 Å². The lowest BCUT2D eigenvalue weighted by atomic mass is 9.99. The highest BCUT2D eigenvalue weighted by Crippen LogP contribution is 2.30. The average molecular weight is 333 g/mol. The van der Waals surface area contributed by atoms with Crippen LogP contribution in [0.1, 0.15) is 47.3 Å². The number of aromatic nitrogens is 2. The first-order valence-corrected chi connectivity index (χ1v) is 7.82. The number of H-pyrrole nitrogens is 1. The van der Waals surface area contributed by atoms with Gasteiger partial charge in [0.05, 0.1) is 25.0 Å². The number of ether oxygens (including phenoxy) is 2. The van der Waals surface area contributed by atoms with E-state index in [0.29, 0.717) is 23.4 Å². The van der Waals surface area contributed by atoms with Crippen LogP contribution in [0.25, 0.3) is 0 Å². The number of carbonyl (C=O) groups excluding carboxylic acids is 1. The molecule has 2 atom stereocenters. The molecule has 0 radical (unpaired) electrons. The molecule has 2 heterocycles. The Labute approximate surface area is 139 Å². The number of hydrogen-bond donors (Lipinski definition) is 2. The molecule has 2 N–H and O–H groups in total. The molecular weight excluding hydrogens is 313 g/mol. The minimum absolute atomic E-state index is 0.0208. The van der Waals surface area contributed by atoms with E-state index in [0.717, 1.165) is 11.3 Å². The van der Waals surface area contributed by atoms with Crippen LogP contribution in [0.2, 0.25) is 0 Å². The number of rotatable bonds is 4. The van der Waals surface area contributed by atoms with Gasteiger partial charge in [-0.3, -0.25) is 9.89 Å². The number of halogens is 1. The maximum absolute atomic E-state index is 13.8. The van der Waals surface area contributed by atoms with Crippen molar-refractivity contribution >= 4 is 5.91 Å². The maximum atomic E-state index is 13.8. The normalized spacial score (nSPS) is 19.7. The lowest BCUT2D eigenvalue weighted by Gasteiger charge is -2.25. The van der Waals surface area contributed by atoms with Gasteiger partial charge in [0.2, 0.25) is 0 Å². The van der Waals surface area contributed by atoms with Crippen LogP contribution < -0.4 is 10.1 Å². The molecule has 2 aromatic rings. The van der Waals surface area contributed by atoms with Crippen LogP contribution in [0.15, 0.2) is 18.2 Å². The van der Waals surface area contributed by atoms with E-state index in [2.05, 4.69) is 15.5 Å². The van der Waals surface area contributed by atoms with Gasteiger partial charge in [-0.05, 0) is 32.0 Å². The van der Waals surface area contributed by atoms with Crippen molar-refractivity contribution in [1.29, 1.82) is 0 Å². The monoisotopic (exact) mass is 333 g/mol. The van der Waals surface area contributed by atoms with Gasteiger partial charge in [-0.25, -0.2) is 4.39 Å². The molecule has 0 saturated heterocycles. The molecule has 3 rings (SSSR count). The van der Waals surface area contributed by atoms with Crippen LogP contribution in [0.5, 0.6) is 5.75 Å². The topological polar surface area (TPSA) is 76.2 Å². The third-order valence-electron chi connectivity index (χ3n) is 4.14. The molecule has 0 aliphatic carbocycles. The first-order chi connectivity index (χ1) is 11.5. The molecule has 0 fully saturated rings. The van der Waals surface area contributed by atoms with Gasteiger partial charge in [0.15, 0.2) is 5.69 Å². The number of carbonyl (C=O) groups is 1. The molecule has 0 saturated carbocycles. The minimum atomic E-state index is -0.393. The van der Waals surface area contributed by atoms with Gasteiger partial charge in [0.1, 0.15) is 11.6 Å². The third kappa shape index (κ3) is 3.12. The second-order valence-electron chi connectivity index (χ2n) is 5.90. The van der Waals surface area contributed by atoms with Crippen molar-refractivity contribution in [3.05, 3.63) is 46.5 Å². The van der Waals surface area contributed by atoms with Gasteiger partial charge >= 0.3 is 0 Å². The molecule has 1 amide bonds. The Morgan fingerprint density at radius 3 is 3.04 bits per heavy atom. The quantitative estimate of drug-likeness (QED) is 0.901. The van der Waals surface area contributed by atoms with Crippen LogP contribution in [0.3, 0.4) is 0 Å². The van der Waals surface area contributed by atoms with Crippen LogP contribution in [0, 0.1) is 5.82 Å². The highest BCUT2D eigenvalue weighted by atomic mass is 19.1. The molecular formula is C17H20FN3O3. The molecule has 24 heavy (non-hydrogen) atoms. The van der Waals surface area contributed by atoms with E-state index in [-0.39, 0.29) is 24.7 Å². The largest absolute Gasteiger partial charge is 0.497 e. The van der Waals surface area contributed by atoms with Gasteiger partial charge in [-0.1, -0.05) is 0 Å². The number of aromatic amines is 1. The van der Waals surface area contributed by atoms with Crippen LogP contribution in [-0.4, -0.2) is 29.3 Å². The van der Waals surface area contributed by atoms with E-state index in [9.17, 15) is 9.18 Å². The lowest BCUT2D eigenvalue weighted by molar-refractivity contribution is -0.00697. The Morgan fingerprint density at radius 2 is 2.29 bits per heavy atom. The smallest absolute Gasteiger partial charge is 0.272 e. The predicted octanol–water partition coefficient (Wildman–Crippen LogP) is 2.51. The fourth-order valence-corrected chi connectivity index (χ4v) is 2.93. The van der Waals surface area contributed by atoms with Gasteiger partial charge in [-0.15, -0.1) is 0 Å². The number of benzene rings is 1. The van der Waals surface area contributed by atoms with E-state index < -0.39 is 5.82 Å². The van der Waals surface area contributed by atoms with Crippen molar-refractivity contribution < 1.29 is 18.7 Å². The number of nitrogens with zero attached hydrogens (tertiary/aromatic N) is 1. The molecule has 7 heteroatoms. The number of amides is 1. The molecule has 1 aromatic heterocycles. The van der Waals surface area contributed by atoms with Crippen molar-refractivity contribution in [2.75, 3.05) is 7.11 Å². The summed E-state index contributed by atoms with van der Waals surface area (Å²) in [6.07, 6.45) is 0.507. The Balaban J connectivity index is 1.75. The van der Waals surface area contributed by atoms with Crippen LogP contribution in [0.4, 0.5) is 4.39 Å². The zero-order chi connectivity index (χ0) is 17.3. The molecule has 128 valence electrons. The van der Waals surface area contributed by atoms with Crippen LogP contribution >= 0.6 is 0 Å². The number of nitrogens with one attached hydrogen (secondary N) is 2. The summed E-state index contributed by atoms with van der Waals surface area (Å²) in [6, 6.07) is 4.42. The van der Waals surface area contributed by atoms with Gasteiger partial charge in [-0.2, -0.15) is 5.10 Å². The molecule has 1 aliphatic heterocycles. The van der Waals surface area contributed by atoms with Crippen molar-refractivity contribution in [3.8, 4) is 5.75 Å². The summed E-state index contributed by atoms with van der Waals surface area (Å²) < 4.78 is 24.6. The maximum Gasteiger partial charge on any atom is 0.272 e. The summed E-state index contributed by atoms with van der Waals surface area (Å²) in [5.74, 6) is -0.190. The van der Waals surface area contributed by atoms with Gasteiger partial charge in [0.25, 0.3) is 5.91 Å². The second-order valence-corrected chi connectivity index (χ2v) is 5.90. The Bertz CT molecular complexity index is 760. The second kappa shape index (κ2) is 6.60. The van der Waals surface area contributed by atoms with Gasteiger partial charge in [0, 0.05) is 24.1 Å². The Hall–Kier alpha value is -2.41. The summed E-state index contributed by atoms with van der Waals surface area (Å²) in [6.45, 7) is 3.94. The zero-order valence-electron chi connectivity index (χ0n) is 13.9. The summed E-state index contributed by atoms with van der Waals surface area (Å²) >= 11 is 0. The fourth-order valence-electron chi connectivity index (χ4n) is 2.93. The molecule has 1 aromatic carbocycles. The highest BCUT2D eigenvalue weighted by Gasteiger charge is 2.29. The average Bonchev–Trinajstić information content (AvgIpc) is 2.98. The minimum Gasteiger partial charge on any atom is -0.497 e. The molecule has 1 aliphatic rings. The van der Waals surface area contributed by atoms with E-state index in [4.69, 9.17) is 9.47 Å². The third-order valence-corrected chi connectivity index (χ3v) is 4.14. The SMILES string of the molecule is COc1ccc(F)c(CNC(=O)c2n[nH]c3c2C[C@H](C)O[C@@H]3C)c1. The van der Waals surface area contributed by atoms with Crippen LogP contribution in [-0.2, 0) is 17.7 Å². The standard InChI is InChI=1S/C17H20FN3O3/c1-9-6-13-15(10(2)24-9)20-21-16(13)17(22)19-8-11-7-12(23-3)4-5-14(11)18/h4-5,7,9-10H,6,8H2,1-3H3,(H,19,22)(H,20,21)/t9-,10+/m0/s1. The lowest BCUT2D eigenvalue weighted by Crippen LogP contribution is -2.27. The molecule has 0 unspecified atom stereocenters.